The van der Waals surface area contributed by atoms with E-state index in [-0.39, 0.29) is 6.61 Å². The monoisotopic (exact) mass is 295 g/mol. The van der Waals surface area contributed by atoms with Crippen molar-refractivity contribution in [1.29, 1.82) is 0 Å². The zero-order valence-electron chi connectivity index (χ0n) is 12.3. The molecule has 3 aromatic rings. The molecule has 0 unspecified atom stereocenters. The van der Waals surface area contributed by atoms with Gasteiger partial charge in [-0.2, -0.15) is 0 Å². The van der Waals surface area contributed by atoms with Gasteiger partial charge in [-0.1, -0.05) is 35.5 Å². The Morgan fingerprint density at radius 2 is 1.77 bits per heavy atom. The molecule has 0 aliphatic carbocycles. The minimum atomic E-state index is -0.117. The van der Waals surface area contributed by atoms with E-state index in [9.17, 15) is 0 Å². The highest BCUT2D eigenvalue weighted by atomic mass is 16.5. The van der Waals surface area contributed by atoms with Gasteiger partial charge in [-0.15, -0.1) is 0 Å². The molecule has 1 aromatic heterocycles. The number of ether oxygens (including phenoxy) is 1. The fourth-order valence-corrected chi connectivity index (χ4v) is 2.23. The molecule has 0 aliphatic rings. The summed E-state index contributed by atoms with van der Waals surface area (Å²) in [6.45, 7) is 2.31. The van der Waals surface area contributed by atoms with Crippen LogP contribution in [0.3, 0.4) is 0 Å². The van der Waals surface area contributed by atoms with E-state index in [0.29, 0.717) is 18.1 Å². The van der Waals surface area contributed by atoms with Gasteiger partial charge in [0.2, 0.25) is 0 Å². The first-order chi connectivity index (χ1) is 10.8. The van der Waals surface area contributed by atoms with Crippen LogP contribution in [0.15, 0.2) is 59.1 Å². The van der Waals surface area contributed by atoms with Crippen LogP contribution in [-0.4, -0.2) is 10.3 Å². The highest BCUT2D eigenvalue weighted by molar-refractivity contribution is 5.62. The summed E-state index contributed by atoms with van der Waals surface area (Å²) < 4.78 is 11.0. The van der Waals surface area contributed by atoms with Crippen molar-refractivity contribution in [2.75, 3.05) is 0 Å². The first kappa shape index (κ1) is 14.4. The lowest BCUT2D eigenvalue weighted by Crippen LogP contribution is -1.94. The minimum Gasteiger partial charge on any atom is -0.489 e. The van der Waals surface area contributed by atoms with Gasteiger partial charge in [0.05, 0.1) is 6.61 Å². The lowest BCUT2D eigenvalue weighted by Gasteiger charge is -2.06. The smallest absolute Gasteiger partial charge is 0.170 e. The van der Waals surface area contributed by atoms with Crippen LogP contribution in [0.5, 0.6) is 5.75 Å². The Labute approximate surface area is 129 Å². The van der Waals surface area contributed by atoms with Gasteiger partial charge < -0.3 is 14.4 Å². The maximum absolute atomic E-state index is 9.16. The summed E-state index contributed by atoms with van der Waals surface area (Å²) in [5.74, 6) is 1.48. The molecule has 1 heterocycles. The number of aromatic nitrogens is 1. The topological polar surface area (TPSA) is 55.5 Å². The lowest BCUT2D eigenvalue weighted by molar-refractivity contribution is 0.266. The van der Waals surface area contributed by atoms with Crippen molar-refractivity contribution in [2.24, 2.45) is 0 Å². The van der Waals surface area contributed by atoms with Crippen LogP contribution < -0.4 is 4.74 Å². The molecule has 4 heteroatoms. The number of rotatable bonds is 5. The average Bonchev–Trinajstić information content (AvgIpc) is 2.95. The maximum Gasteiger partial charge on any atom is 0.170 e. The van der Waals surface area contributed by atoms with E-state index < -0.39 is 0 Å². The van der Waals surface area contributed by atoms with E-state index >= 15 is 0 Å². The second kappa shape index (κ2) is 6.45. The third-order valence-corrected chi connectivity index (χ3v) is 3.54. The number of benzene rings is 2. The third kappa shape index (κ3) is 3.02. The Hall–Kier alpha value is -2.59. The van der Waals surface area contributed by atoms with Gasteiger partial charge >= 0.3 is 0 Å². The number of hydrogen-bond donors (Lipinski definition) is 1. The summed E-state index contributed by atoms with van der Waals surface area (Å²) in [6, 6.07) is 17.7. The van der Waals surface area contributed by atoms with Crippen molar-refractivity contribution in [3.63, 3.8) is 0 Å². The molecule has 22 heavy (non-hydrogen) atoms. The summed E-state index contributed by atoms with van der Waals surface area (Å²) >= 11 is 0. The fourth-order valence-electron chi connectivity index (χ4n) is 2.23. The highest BCUT2D eigenvalue weighted by Crippen LogP contribution is 2.27. The standard InChI is InChI=1S/C18H17NO3/c1-13-17(11-20)19-22-18(13)15-7-9-16(10-8-15)21-12-14-5-3-2-4-6-14/h2-10,20H,11-12H2,1H3. The van der Waals surface area contributed by atoms with Gasteiger partial charge in [0.15, 0.2) is 5.76 Å². The van der Waals surface area contributed by atoms with E-state index in [1.165, 1.54) is 0 Å². The molecule has 0 saturated heterocycles. The molecule has 0 saturated carbocycles. The summed E-state index contributed by atoms with van der Waals surface area (Å²) in [6.07, 6.45) is 0. The maximum atomic E-state index is 9.16. The van der Waals surface area contributed by atoms with E-state index in [0.717, 1.165) is 22.4 Å². The van der Waals surface area contributed by atoms with E-state index in [2.05, 4.69) is 5.16 Å². The Morgan fingerprint density at radius 1 is 1.05 bits per heavy atom. The zero-order chi connectivity index (χ0) is 15.4. The number of aliphatic hydroxyl groups is 1. The number of aliphatic hydroxyl groups excluding tert-OH is 1. The van der Waals surface area contributed by atoms with Gasteiger partial charge in [0.25, 0.3) is 0 Å². The van der Waals surface area contributed by atoms with Crippen LogP contribution in [0, 0.1) is 6.92 Å². The van der Waals surface area contributed by atoms with Crippen molar-refractivity contribution < 1.29 is 14.4 Å². The molecular formula is C18H17NO3. The SMILES string of the molecule is Cc1c(CO)noc1-c1ccc(OCc2ccccc2)cc1. The molecule has 4 nitrogen and oxygen atoms in total. The zero-order valence-corrected chi connectivity index (χ0v) is 12.3. The fraction of sp³-hybridized carbons (Fsp3) is 0.167. The first-order valence-corrected chi connectivity index (χ1v) is 7.11. The van der Waals surface area contributed by atoms with Crippen LogP contribution in [-0.2, 0) is 13.2 Å². The molecule has 0 aliphatic heterocycles. The van der Waals surface area contributed by atoms with Gasteiger partial charge in [0.1, 0.15) is 18.1 Å². The summed E-state index contributed by atoms with van der Waals surface area (Å²) in [7, 11) is 0. The van der Waals surface area contributed by atoms with Gasteiger partial charge in [-0.05, 0) is 36.8 Å². The molecule has 0 amide bonds. The number of hydrogen-bond acceptors (Lipinski definition) is 4. The summed E-state index contributed by atoms with van der Waals surface area (Å²) in [5.41, 5.74) is 3.47. The molecular weight excluding hydrogens is 278 g/mol. The van der Waals surface area contributed by atoms with Crippen molar-refractivity contribution in [3.8, 4) is 17.1 Å². The predicted molar refractivity (Wildman–Crippen MR) is 83.4 cm³/mol. The molecule has 0 fully saturated rings. The second-order valence-corrected chi connectivity index (χ2v) is 5.04. The number of nitrogens with zero attached hydrogens (tertiary/aromatic N) is 1. The van der Waals surface area contributed by atoms with Gasteiger partial charge in [-0.25, -0.2) is 0 Å². The van der Waals surface area contributed by atoms with Gasteiger partial charge in [-0.3, -0.25) is 0 Å². The minimum absolute atomic E-state index is 0.117. The quantitative estimate of drug-likeness (QED) is 0.779. The molecule has 112 valence electrons. The Balaban J connectivity index is 1.71. The molecule has 0 radical (unpaired) electrons. The van der Waals surface area contributed by atoms with Crippen molar-refractivity contribution in [1.82, 2.24) is 5.16 Å². The first-order valence-electron chi connectivity index (χ1n) is 7.11. The molecule has 1 N–H and O–H groups in total. The molecule has 3 rings (SSSR count). The summed E-state index contributed by atoms with van der Waals surface area (Å²) in [5, 5.41) is 13.0. The molecule has 0 bridgehead atoms. The molecule has 0 atom stereocenters. The Kier molecular flexibility index (Phi) is 4.21. The van der Waals surface area contributed by atoms with E-state index in [4.69, 9.17) is 14.4 Å². The van der Waals surface area contributed by atoms with E-state index in [1.54, 1.807) is 0 Å². The Bertz CT molecular complexity index is 733. The van der Waals surface area contributed by atoms with Crippen LogP contribution in [0.2, 0.25) is 0 Å². The summed E-state index contributed by atoms with van der Waals surface area (Å²) in [4.78, 5) is 0. The van der Waals surface area contributed by atoms with E-state index in [1.807, 2.05) is 61.5 Å². The largest absolute Gasteiger partial charge is 0.489 e. The van der Waals surface area contributed by atoms with Crippen LogP contribution in [0.25, 0.3) is 11.3 Å². The van der Waals surface area contributed by atoms with Crippen molar-refractivity contribution >= 4 is 0 Å². The van der Waals surface area contributed by atoms with Crippen LogP contribution >= 0.6 is 0 Å². The highest BCUT2D eigenvalue weighted by Gasteiger charge is 2.12. The van der Waals surface area contributed by atoms with Crippen LogP contribution in [0.4, 0.5) is 0 Å². The lowest BCUT2D eigenvalue weighted by atomic mass is 10.1. The third-order valence-electron chi connectivity index (χ3n) is 3.54. The predicted octanol–water partition coefficient (Wildman–Crippen LogP) is 3.72. The molecule has 0 spiro atoms. The second-order valence-electron chi connectivity index (χ2n) is 5.04. The van der Waals surface area contributed by atoms with Crippen LogP contribution in [0.1, 0.15) is 16.8 Å². The van der Waals surface area contributed by atoms with Gasteiger partial charge in [0, 0.05) is 11.1 Å². The van der Waals surface area contributed by atoms with Crippen molar-refractivity contribution in [2.45, 2.75) is 20.1 Å². The normalized spacial score (nSPS) is 10.6. The Morgan fingerprint density at radius 3 is 2.41 bits per heavy atom. The average molecular weight is 295 g/mol. The van der Waals surface area contributed by atoms with Crippen molar-refractivity contribution in [3.05, 3.63) is 71.4 Å². The molecule has 2 aromatic carbocycles.